The lowest BCUT2D eigenvalue weighted by Crippen LogP contribution is -2.32. The van der Waals surface area contributed by atoms with Crippen LogP contribution in [0.5, 0.6) is 0 Å². The zero-order chi connectivity index (χ0) is 11.6. The Balaban J connectivity index is 2.34. The summed E-state index contributed by atoms with van der Waals surface area (Å²) >= 11 is 0. The van der Waals surface area contributed by atoms with Crippen molar-refractivity contribution in [2.24, 2.45) is 0 Å². The molecule has 0 bridgehead atoms. The Kier molecular flexibility index (Phi) is 2.82. The monoisotopic (exact) mass is 216 g/mol. The molecule has 0 unspecified atom stereocenters. The molecule has 0 aromatic heterocycles. The molecule has 2 rings (SSSR count). The third kappa shape index (κ3) is 2.01. The van der Waals surface area contributed by atoms with Gasteiger partial charge in [-0.1, -0.05) is 42.8 Å². The van der Waals surface area contributed by atoms with Crippen LogP contribution in [0.25, 0.3) is 0 Å². The fraction of sp³-hybridized carbons (Fsp3) is 0.357. The summed E-state index contributed by atoms with van der Waals surface area (Å²) in [5.74, 6) is -0.227. The summed E-state index contributed by atoms with van der Waals surface area (Å²) in [7, 11) is 0. The Bertz CT molecular complexity index is 420. The van der Waals surface area contributed by atoms with E-state index in [1.807, 2.05) is 37.3 Å². The number of hydrogen-bond acceptors (Lipinski definition) is 2. The van der Waals surface area contributed by atoms with E-state index in [0.717, 1.165) is 24.0 Å². The van der Waals surface area contributed by atoms with Crippen LogP contribution in [0, 0.1) is 0 Å². The number of benzene rings is 1. The van der Waals surface area contributed by atoms with Crippen molar-refractivity contribution in [3.63, 3.8) is 0 Å². The predicted octanol–water partition coefficient (Wildman–Crippen LogP) is 3.19. The molecule has 0 saturated carbocycles. The van der Waals surface area contributed by atoms with Crippen LogP contribution in [0.2, 0.25) is 0 Å². The average Bonchev–Trinajstić information content (AvgIpc) is 2.29. The van der Waals surface area contributed by atoms with E-state index in [1.54, 1.807) is 6.08 Å². The quantitative estimate of drug-likeness (QED) is 0.710. The van der Waals surface area contributed by atoms with E-state index in [2.05, 4.69) is 6.92 Å². The first kappa shape index (κ1) is 10.9. The topological polar surface area (TPSA) is 26.3 Å². The van der Waals surface area contributed by atoms with E-state index >= 15 is 0 Å². The van der Waals surface area contributed by atoms with Gasteiger partial charge in [0.05, 0.1) is 0 Å². The van der Waals surface area contributed by atoms with Crippen molar-refractivity contribution in [1.29, 1.82) is 0 Å². The van der Waals surface area contributed by atoms with Crippen molar-refractivity contribution in [3.05, 3.63) is 47.5 Å². The lowest BCUT2D eigenvalue weighted by Gasteiger charge is -2.33. The number of rotatable bonds is 2. The third-order valence-electron chi connectivity index (χ3n) is 3.05. The van der Waals surface area contributed by atoms with E-state index < -0.39 is 5.60 Å². The molecule has 0 N–H and O–H groups in total. The van der Waals surface area contributed by atoms with Crippen molar-refractivity contribution in [1.82, 2.24) is 0 Å². The minimum atomic E-state index is -0.502. The maximum Gasteiger partial charge on any atom is 0.331 e. The van der Waals surface area contributed by atoms with Gasteiger partial charge in [0.1, 0.15) is 5.60 Å². The minimum Gasteiger partial charge on any atom is -0.451 e. The number of ether oxygens (including phenoxy) is 1. The lowest BCUT2D eigenvalue weighted by molar-refractivity contribution is -0.155. The number of esters is 1. The molecule has 1 aromatic carbocycles. The maximum absolute atomic E-state index is 11.5. The smallest absolute Gasteiger partial charge is 0.331 e. The van der Waals surface area contributed by atoms with Crippen molar-refractivity contribution < 1.29 is 9.53 Å². The van der Waals surface area contributed by atoms with Gasteiger partial charge in [-0.25, -0.2) is 4.79 Å². The van der Waals surface area contributed by atoms with E-state index in [-0.39, 0.29) is 5.97 Å². The molecule has 84 valence electrons. The van der Waals surface area contributed by atoms with Gasteiger partial charge < -0.3 is 4.74 Å². The Morgan fingerprint density at radius 3 is 2.62 bits per heavy atom. The van der Waals surface area contributed by atoms with E-state index in [0.29, 0.717) is 0 Å². The van der Waals surface area contributed by atoms with Gasteiger partial charge in [0.15, 0.2) is 0 Å². The largest absolute Gasteiger partial charge is 0.451 e. The van der Waals surface area contributed by atoms with Crippen molar-refractivity contribution >= 4 is 5.97 Å². The Hall–Kier alpha value is -1.57. The highest BCUT2D eigenvalue weighted by Gasteiger charge is 2.34. The SMILES string of the molecule is CCC1=CC(=O)O[C@@](C)(c2ccccc2)C1. The van der Waals surface area contributed by atoms with Gasteiger partial charge in [0.25, 0.3) is 0 Å². The second kappa shape index (κ2) is 4.12. The Labute approximate surface area is 95.9 Å². The highest BCUT2D eigenvalue weighted by molar-refractivity contribution is 5.84. The molecule has 0 amide bonds. The first-order chi connectivity index (χ1) is 7.64. The van der Waals surface area contributed by atoms with Crippen molar-refractivity contribution in [2.45, 2.75) is 32.3 Å². The van der Waals surface area contributed by atoms with Gasteiger partial charge in [0, 0.05) is 12.5 Å². The third-order valence-corrected chi connectivity index (χ3v) is 3.05. The molecule has 0 fully saturated rings. The van der Waals surface area contributed by atoms with Crippen molar-refractivity contribution in [3.8, 4) is 0 Å². The zero-order valence-corrected chi connectivity index (χ0v) is 9.69. The van der Waals surface area contributed by atoms with Crippen molar-refractivity contribution in [2.75, 3.05) is 0 Å². The first-order valence-electron chi connectivity index (χ1n) is 5.62. The molecule has 1 atom stereocenters. The van der Waals surface area contributed by atoms with Crippen LogP contribution in [0.15, 0.2) is 42.0 Å². The summed E-state index contributed by atoms with van der Waals surface area (Å²) in [5, 5.41) is 0. The number of carbonyl (C=O) groups excluding carboxylic acids is 1. The van der Waals surface area contributed by atoms with Crippen LogP contribution in [0.4, 0.5) is 0 Å². The minimum absolute atomic E-state index is 0.227. The van der Waals surface area contributed by atoms with Crippen LogP contribution in [-0.4, -0.2) is 5.97 Å². The lowest BCUT2D eigenvalue weighted by atomic mass is 9.86. The molecule has 1 heterocycles. The van der Waals surface area contributed by atoms with Gasteiger partial charge in [-0.3, -0.25) is 0 Å². The van der Waals surface area contributed by atoms with Gasteiger partial charge in [-0.05, 0) is 18.9 Å². The molecule has 0 spiro atoms. The molecular weight excluding hydrogens is 200 g/mol. The molecule has 16 heavy (non-hydrogen) atoms. The van der Waals surface area contributed by atoms with Crippen LogP contribution in [-0.2, 0) is 15.1 Å². The maximum atomic E-state index is 11.5. The molecule has 1 aromatic rings. The molecule has 2 nitrogen and oxygen atoms in total. The standard InChI is InChI=1S/C14H16O2/c1-3-11-9-13(15)16-14(2,10-11)12-7-5-4-6-8-12/h4-9H,3,10H2,1-2H3/t14-/m1/s1. The van der Waals surface area contributed by atoms with E-state index in [1.165, 1.54) is 0 Å². The van der Waals surface area contributed by atoms with Gasteiger partial charge >= 0.3 is 5.97 Å². The van der Waals surface area contributed by atoms with Crippen LogP contribution in [0.1, 0.15) is 32.3 Å². The molecule has 0 aliphatic carbocycles. The molecule has 0 radical (unpaired) electrons. The van der Waals surface area contributed by atoms with E-state index in [4.69, 9.17) is 4.74 Å². The molecule has 2 heteroatoms. The summed E-state index contributed by atoms with van der Waals surface area (Å²) < 4.78 is 5.48. The Morgan fingerprint density at radius 2 is 2.00 bits per heavy atom. The van der Waals surface area contributed by atoms with Crippen LogP contribution in [0.3, 0.4) is 0 Å². The second-order valence-corrected chi connectivity index (χ2v) is 4.35. The summed E-state index contributed by atoms with van der Waals surface area (Å²) in [4.78, 5) is 11.5. The zero-order valence-electron chi connectivity index (χ0n) is 9.69. The summed E-state index contributed by atoms with van der Waals surface area (Å²) in [5.41, 5.74) is 1.71. The molecule has 1 aliphatic heterocycles. The summed E-state index contributed by atoms with van der Waals surface area (Å²) in [6.07, 6.45) is 3.31. The number of hydrogen-bond donors (Lipinski definition) is 0. The predicted molar refractivity (Wildman–Crippen MR) is 62.9 cm³/mol. The van der Waals surface area contributed by atoms with Crippen LogP contribution >= 0.6 is 0 Å². The number of carbonyl (C=O) groups is 1. The molecule has 0 saturated heterocycles. The summed E-state index contributed by atoms with van der Waals surface area (Å²) in [6, 6.07) is 9.92. The highest BCUT2D eigenvalue weighted by Crippen LogP contribution is 2.36. The molecule has 1 aliphatic rings. The molecular formula is C14H16O2. The van der Waals surface area contributed by atoms with Gasteiger partial charge in [-0.15, -0.1) is 0 Å². The fourth-order valence-corrected chi connectivity index (χ4v) is 2.12. The van der Waals surface area contributed by atoms with Gasteiger partial charge in [-0.2, -0.15) is 0 Å². The fourth-order valence-electron chi connectivity index (χ4n) is 2.12. The number of cyclic esters (lactones) is 1. The first-order valence-corrected chi connectivity index (χ1v) is 5.62. The normalized spacial score (nSPS) is 24.9. The average molecular weight is 216 g/mol. The van der Waals surface area contributed by atoms with E-state index in [9.17, 15) is 4.79 Å². The second-order valence-electron chi connectivity index (χ2n) is 4.35. The Morgan fingerprint density at radius 1 is 1.31 bits per heavy atom. The van der Waals surface area contributed by atoms with Gasteiger partial charge in [0.2, 0.25) is 0 Å². The summed E-state index contributed by atoms with van der Waals surface area (Å²) in [6.45, 7) is 4.04. The van der Waals surface area contributed by atoms with Crippen LogP contribution < -0.4 is 0 Å². The highest BCUT2D eigenvalue weighted by atomic mass is 16.6.